The topological polar surface area (TPSA) is 100 Å². The van der Waals surface area contributed by atoms with Crippen LogP contribution >= 0.6 is 0 Å². The van der Waals surface area contributed by atoms with E-state index in [2.05, 4.69) is 55.1 Å². The number of piperazine rings is 1. The summed E-state index contributed by atoms with van der Waals surface area (Å²) in [5, 5.41) is 0. The number of carbonyl (C=O) groups excluding carboxylic acids is 1. The number of amides is 1. The number of nitrogens with two attached hydrogens (primary N) is 1. The highest BCUT2D eigenvalue weighted by molar-refractivity contribution is 5.87. The molecule has 2 aromatic carbocycles. The van der Waals surface area contributed by atoms with Crippen molar-refractivity contribution in [2.45, 2.75) is 6.54 Å². The van der Waals surface area contributed by atoms with Gasteiger partial charge < -0.3 is 20.4 Å². The molecule has 1 saturated heterocycles. The highest BCUT2D eigenvalue weighted by Crippen LogP contribution is 2.28. The molecule has 0 radical (unpaired) electrons. The van der Waals surface area contributed by atoms with Crippen LogP contribution in [0, 0.1) is 0 Å². The van der Waals surface area contributed by atoms with Crippen molar-refractivity contribution >= 4 is 22.9 Å². The third kappa shape index (κ3) is 4.26. The van der Waals surface area contributed by atoms with Crippen molar-refractivity contribution in [1.82, 2.24) is 19.9 Å². The van der Waals surface area contributed by atoms with Gasteiger partial charge in [0.15, 0.2) is 5.75 Å². The Morgan fingerprint density at radius 2 is 1.81 bits per heavy atom. The minimum Gasteiger partial charge on any atom is -0.408 e. The summed E-state index contributed by atoms with van der Waals surface area (Å²) in [5.41, 5.74) is 8.67. The summed E-state index contributed by atoms with van der Waals surface area (Å²) in [6.45, 7) is 4.87. The number of primary amides is 1. The van der Waals surface area contributed by atoms with Gasteiger partial charge in [-0.25, -0.2) is 14.8 Å². The lowest BCUT2D eigenvalue weighted by molar-refractivity contribution is 0.211. The maximum atomic E-state index is 11.1. The smallest absolute Gasteiger partial charge is 0.408 e. The van der Waals surface area contributed by atoms with Crippen LogP contribution in [-0.4, -0.2) is 52.1 Å². The molecule has 0 spiro atoms. The first-order valence-electron chi connectivity index (χ1n) is 10.6. The van der Waals surface area contributed by atoms with Crippen molar-refractivity contribution in [3.05, 3.63) is 72.4 Å². The molecule has 32 heavy (non-hydrogen) atoms. The molecule has 0 unspecified atom stereocenters. The lowest BCUT2D eigenvalue weighted by Crippen LogP contribution is -2.46. The van der Waals surface area contributed by atoms with Crippen LogP contribution < -0.4 is 15.4 Å². The summed E-state index contributed by atoms with van der Waals surface area (Å²) in [7, 11) is 0. The zero-order chi connectivity index (χ0) is 21.9. The first-order chi connectivity index (χ1) is 15.7. The lowest BCUT2D eigenvalue weighted by atomic mass is 10.2. The van der Waals surface area contributed by atoms with E-state index in [1.54, 1.807) is 12.1 Å². The van der Waals surface area contributed by atoms with Crippen molar-refractivity contribution in [1.29, 1.82) is 0 Å². The Hall–Kier alpha value is -3.91. The molecule has 5 rings (SSSR count). The SMILES string of the molecule is NC(=O)Oc1cccc2[nH]c(-c3ccc(N4CCN(Cc5ccccc5)CC4)nc3)nc12. The van der Waals surface area contributed by atoms with Gasteiger partial charge in [0.2, 0.25) is 0 Å². The van der Waals surface area contributed by atoms with Crippen LogP contribution in [0.4, 0.5) is 10.6 Å². The van der Waals surface area contributed by atoms with E-state index in [0.29, 0.717) is 17.1 Å². The van der Waals surface area contributed by atoms with E-state index in [4.69, 9.17) is 10.5 Å². The zero-order valence-corrected chi connectivity index (χ0v) is 17.6. The van der Waals surface area contributed by atoms with Gasteiger partial charge in [-0.3, -0.25) is 4.90 Å². The number of nitrogens with one attached hydrogen (secondary N) is 1. The Morgan fingerprint density at radius 3 is 2.53 bits per heavy atom. The quantitative estimate of drug-likeness (QED) is 0.505. The third-order valence-corrected chi connectivity index (χ3v) is 5.65. The summed E-state index contributed by atoms with van der Waals surface area (Å²) in [5.74, 6) is 1.95. The number of H-pyrrole nitrogens is 1. The normalized spacial score (nSPS) is 14.6. The standard InChI is InChI=1S/C24H24N6O2/c25-24(31)32-20-8-4-7-19-22(20)28-23(27-19)18-9-10-21(26-15-18)30-13-11-29(12-14-30)16-17-5-2-1-3-6-17/h1-10,15H,11-14,16H2,(H2,25,31)(H,27,28). The number of pyridine rings is 1. The molecule has 8 nitrogen and oxygen atoms in total. The predicted molar refractivity (Wildman–Crippen MR) is 123 cm³/mol. The largest absolute Gasteiger partial charge is 0.410 e. The maximum Gasteiger partial charge on any atom is 0.410 e. The van der Waals surface area contributed by atoms with Crippen LogP contribution in [0.1, 0.15) is 5.56 Å². The molecule has 0 saturated carbocycles. The van der Waals surface area contributed by atoms with Crippen LogP contribution in [0.2, 0.25) is 0 Å². The Bertz CT molecular complexity index is 1210. The highest BCUT2D eigenvalue weighted by Gasteiger charge is 2.18. The average Bonchev–Trinajstić information content (AvgIpc) is 3.26. The minimum atomic E-state index is -0.864. The molecule has 0 bridgehead atoms. The molecule has 8 heteroatoms. The molecule has 1 aliphatic heterocycles. The van der Waals surface area contributed by atoms with Crippen molar-refractivity contribution in [3.63, 3.8) is 0 Å². The van der Waals surface area contributed by atoms with E-state index in [0.717, 1.165) is 49.6 Å². The lowest BCUT2D eigenvalue weighted by Gasteiger charge is -2.35. The number of aromatic nitrogens is 3. The third-order valence-electron chi connectivity index (χ3n) is 5.65. The van der Waals surface area contributed by atoms with E-state index >= 15 is 0 Å². The number of ether oxygens (including phenoxy) is 1. The van der Waals surface area contributed by atoms with Gasteiger partial charge in [-0.05, 0) is 29.8 Å². The first kappa shape index (κ1) is 20.0. The maximum absolute atomic E-state index is 11.1. The molecule has 0 aliphatic carbocycles. The second-order valence-electron chi connectivity index (χ2n) is 7.81. The highest BCUT2D eigenvalue weighted by atomic mass is 16.5. The fraction of sp³-hybridized carbons (Fsp3) is 0.208. The summed E-state index contributed by atoms with van der Waals surface area (Å²) < 4.78 is 5.05. The second kappa shape index (κ2) is 8.68. The number of hydrogen-bond donors (Lipinski definition) is 2. The van der Waals surface area contributed by atoms with Crippen molar-refractivity contribution in [2.24, 2.45) is 5.73 Å². The van der Waals surface area contributed by atoms with Gasteiger partial charge in [0.1, 0.15) is 17.2 Å². The number of nitrogens with zero attached hydrogens (tertiary/aromatic N) is 4. The molecule has 0 atom stereocenters. The van der Waals surface area contributed by atoms with Gasteiger partial charge in [-0.15, -0.1) is 0 Å². The molecular formula is C24H24N6O2. The van der Waals surface area contributed by atoms with Gasteiger partial charge in [0, 0.05) is 44.5 Å². The van der Waals surface area contributed by atoms with Crippen molar-refractivity contribution in [3.8, 4) is 17.1 Å². The van der Waals surface area contributed by atoms with Gasteiger partial charge in [0.25, 0.3) is 0 Å². The fourth-order valence-electron chi connectivity index (χ4n) is 4.02. The van der Waals surface area contributed by atoms with Crippen LogP contribution in [0.3, 0.4) is 0 Å². The number of hydrogen-bond acceptors (Lipinski definition) is 6. The number of aromatic amines is 1. The van der Waals surface area contributed by atoms with Crippen LogP contribution in [-0.2, 0) is 6.54 Å². The van der Waals surface area contributed by atoms with Gasteiger partial charge >= 0.3 is 6.09 Å². The number of benzene rings is 2. The van der Waals surface area contributed by atoms with E-state index in [-0.39, 0.29) is 0 Å². The molecule has 1 amide bonds. The van der Waals surface area contributed by atoms with E-state index in [1.807, 2.05) is 24.4 Å². The molecule has 3 heterocycles. The number of para-hydroxylation sites is 1. The Morgan fingerprint density at radius 1 is 1.00 bits per heavy atom. The molecule has 4 aromatic rings. The summed E-state index contributed by atoms with van der Waals surface area (Å²) in [6, 6.07) is 19.9. The van der Waals surface area contributed by atoms with Crippen LogP contribution in [0.5, 0.6) is 5.75 Å². The molecule has 1 fully saturated rings. The summed E-state index contributed by atoms with van der Waals surface area (Å²) in [4.78, 5) is 28.4. The van der Waals surface area contributed by atoms with Crippen LogP contribution in [0.15, 0.2) is 66.9 Å². The van der Waals surface area contributed by atoms with Crippen molar-refractivity contribution in [2.75, 3.05) is 31.1 Å². The summed E-state index contributed by atoms with van der Waals surface area (Å²) in [6.07, 6.45) is 0.954. The van der Waals surface area contributed by atoms with E-state index < -0.39 is 6.09 Å². The Kier molecular flexibility index (Phi) is 5.43. The Balaban J connectivity index is 1.26. The van der Waals surface area contributed by atoms with E-state index in [1.165, 1.54) is 5.56 Å². The molecule has 1 aliphatic rings. The molecule has 162 valence electrons. The number of fused-ring (bicyclic) bond motifs is 1. The van der Waals surface area contributed by atoms with Crippen molar-refractivity contribution < 1.29 is 9.53 Å². The number of anilines is 1. The number of carbonyl (C=O) groups is 1. The zero-order valence-electron chi connectivity index (χ0n) is 17.6. The molecule has 3 N–H and O–H groups in total. The predicted octanol–water partition coefficient (Wildman–Crippen LogP) is 3.40. The number of rotatable bonds is 5. The first-order valence-corrected chi connectivity index (χ1v) is 10.6. The van der Waals surface area contributed by atoms with Gasteiger partial charge in [-0.1, -0.05) is 36.4 Å². The average molecular weight is 428 g/mol. The van der Waals surface area contributed by atoms with E-state index in [9.17, 15) is 4.79 Å². The molecule has 2 aromatic heterocycles. The van der Waals surface area contributed by atoms with Gasteiger partial charge in [0.05, 0.1) is 5.52 Å². The fourth-order valence-corrected chi connectivity index (χ4v) is 4.02. The summed E-state index contributed by atoms with van der Waals surface area (Å²) >= 11 is 0. The minimum absolute atomic E-state index is 0.329. The van der Waals surface area contributed by atoms with Crippen LogP contribution in [0.25, 0.3) is 22.4 Å². The number of imidazole rings is 1. The monoisotopic (exact) mass is 428 g/mol. The Labute approximate surface area is 185 Å². The molecular weight excluding hydrogens is 404 g/mol. The van der Waals surface area contributed by atoms with Gasteiger partial charge in [-0.2, -0.15) is 0 Å². The second-order valence-corrected chi connectivity index (χ2v) is 7.81.